The number of anilines is 3. The molecule has 3 N–H and O–H groups in total. The zero-order valence-electron chi connectivity index (χ0n) is 35.1. The van der Waals surface area contributed by atoms with Crippen LogP contribution in [0.2, 0.25) is 5.02 Å². The number of sulfone groups is 1. The van der Waals surface area contributed by atoms with Gasteiger partial charge in [0.25, 0.3) is 15.7 Å². The van der Waals surface area contributed by atoms with Gasteiger partial charge in [0.15, 0.2) is 0 Å². The zero-order valence-corrected chi connectivity index (χ0v) is 37.5. The highest BCUT2D eigenvalue weighted by Crippen LogP contribution is 2.41. The van der Waals surface area contributed by atoms with E-state index >= 15 is 0 Å². The fraction of sp³-hybridized carbons (Fsp3) is 0.312. The topological polar surface area (TPSA) is 98.7 Å². The first-order chi connectivity index (χ1) is 30.3. The molecule has 8 rings (SSSR count). The number of hydrogen-bond acceptors (Lipinski definition) is 8. The normalized spacial score (nSPS) is 17.4. The smallest absolute Gasteiger partial charge is 0.378 e. The molecule has 1 unspecified atom stereocenters. The predicted octanol–water partition coefficient (Wildman–Crippen LogP) is 11.2. The fourth-order valence-corrected chi connectivity index (χ4v) is 10.5. The van der Waals surface area contributed by atoms with E-state index < -0.39 is 20.2 Å². The lowest BCUT2D eigenvalue weighted by Gasteiger charge is -2.39. The van der Waals surface area contributed by atoms with Crippen LogP contribution >= 0.6 is 23.5 Å². The SMILES string of the molecule is Cc1c(C(=O)NC2CCCCC2)c(-c2cccc(N3CCN(C4=CCC(Nc5ccc(NSc6ccccc6)c(S(=O)(=O)C(F)(F)F)c5)C=C4)CC3)c2)c(-c2ccc(Cl)cc2)n1C. The van der Waals surface area contributed by atoms with Gasteiger partial charge in [-0.25, -0.2) is 8.42 Å². The minimum atomic E-state index is -5.64. The summed E-state index contributed by atoms with van der Waals surface area (Å²) in [5, 5.41) is 7.23. The predicted molar refractivity (Wildman–Crippen MR) is 249 cm³/mol. The highest BCUT2D eigenvalue weighted by Gasteiger charge is 2.48. The van der Waals surface area contributed by atoms with E-state index in [-0.39, 0.29) is 29.4 Å². The molecule has 3 aliphatic rings. The number of carbonyl (C=O) groups is 1. The molecular weight excluding hydrogens is 865 g/mol. The summed E-state index contributed by atoms with van der Waals surface area (Å²) in [5.74, 6) is -0.0430. The summed E-state index contributed by atoms with van der Waals surface area (Å²) in [4.78, 5) is 18.7. The number of piperazine rings is 1. The molecular formula is C48H50ClF3N6O3S2. The third-order valence-electron chi connectivity index (χ3n) is 12.1. The number of nitrogens with zero attached hydrogens (tertiary/aromatic N) is 3. The Morgan fingerprint density at radius 2 is 1.56 bits per heavy atom. The molecule has 4 aromatic carbocycles. The number of halogens is 4. The first-order valence-corrected chi connectivity index (χ1v) is 23.9. The van der Waals surface area contributed by atoms with Crippen molar-refractivity contribution >= 4 is 56.4 Å². The van der Waals surface area contributed by atoms with Crippen LogP contribution in [0.5, 0.6) is 0 Å². The third kappa shape index (κ3) is 9.78. The van der Waals surface area contributed by atoms with Crippen molar-refractivity contribution in [3.05, 3.63) is 137 Å². The van der Waals surface area contributed by atoms with Crippen molar-refractivity contribution in [1.29, 1.82) is 0 Å². The van der Waals surface area contributed by atoms with E-state index in [1.54, 1.807) is 30.3 Å². The van der Waals surface area contributed by atoms with E-state index in [0.29, 0.717) is 21.9 Å². The van der Waals surface area contributed by atoms with E-state index in [4.69, 9.17) is 11.6 Å². The number of benzene rings is 4. The molecule has 1 saturated heterocycles. The van der Waals surface area contributed by atoms with Gasteiger partial charge in [-0.05, 0) is 110 Å². The van der Waals surface area contributed by atoms with Gasteiger partial charge in [-0.2, -0.15) is 13.2 Å². The molecule has 2 aliphatic carbocycles. The second-order valence-corrected chi connectivity index (χ2v) is 19.5. The number of carbonyl (C=O) groups excluding carboxylic acids is 1. The maximum atomic E-state index is 14.2. The second-order valence-electron chi connectivity index (χ2n) is 16.2. The second kappa shape index (κ2) is 18.8. The summed E-state index contributed by atoms with van der Waals surface area (Å²) >= 11 is 7.34. The minimum absolute atomic E-state index is 0.0430. The highest BCUT2D eigenvalue weighted by molar-refractivity contribution is 8.00. The Labute approximate surface area is 376 Å². The number of nitrogens with one attached hydrogen (secondary N) is 3. The number of hydrogen-bond donors (Lipinski definition) is 3. The van der Waals surface area contributed by atoms with Gasteiger partial charge in [0, 0.05) is 83.6 Å². The molecule has 0 spiro atoms. The largest absolute Gasteiger partial charge is 0.501 e. The Morgan fingerprint density at radius 1 is 0.841 bits per heavy atom. The van der Waals surface area contributed by atoms with Crippen molar-refractivity contribution in [2.45, 2.75) is 72.8 Å². The number of aromatic nitrogens is 1. The molecule has 15 heteroatoms. The maximum absolute atomic E-state index is 14.2. The van der Waals surface area contributed by atoms with Crippen LogP contribution in [0.3, 0.4) is 0 Å². The molecule has 1 aliphatic heterocycles. The first-order valence-electron chi connectivity index (χ1n) is 21.2. The van der Waals surface area contributed by atoms with Crippen LogP contribution in [0.1, 0.15) is 54.6 Å². The summed E-state index contributed by atoms with van der Waals surface area (Å²) < 4.78 is 71.7. The van der Waals surface area contributed by atoms with E-state index in [0.717, 1.165) is 109 Å². The monoisotopic (exact) mass is 914 g/mol. The quantitative estimate of drug-likeness (QED) is 0.106. The molecule has 0 bridgehead atoms. The van der Waals surface area contributed by atoms with Crippen LogP contribution in [0.15, 0.2) is 131 Å². The molecule has 2 heterocycles. The third-order valence-corrected chi connectivity index (χ3v) is 14.8. The molecule has 330 valence electrons. The number of alkyl halides is 3. The Hall–Kier alpha value is -5.31. The van der Waals surface area contributed by atoms with Crippen LogP contribution in [0.4, 0.5) is 30.2 Å². The number of rotatable bonds is 12. The van der Waals surface area contributed by atoms with Crippen LogP contribution in [-0.2, 0) is 16.9 Å². The van der Waals surface area contributed by atoms with Gasteiger partial charge in [0.2, 0.25) is 0 Å². The van der Waals surface area contributed by atoms with Crippen molar-refractivity contribution in [2.75, 3.05) is 41.1 Å². The van der Waals surface area contributed by atoms with Gasteiger partial charge < -0.3 is 29.7 Å². The molecule has 2 fully saturated rings. The first kappa shape index (κ1) is 44.3. The molecule has 63 heavy (non-hydrogen) atoms. The molecule has 9 nitrogen and oxygen atoms in total. The van der Waals surface area contributed by atoms with Crippen molar-refractivity contribution in [3.8, 4) is 22.4 Å². The Morgan fingerprint density at radius 3 is 2.24 bits per heavy atom. The Kier molecular flexibility index (Phi) is 13.2. The van der Waals surface area contributed by atoms with Crippen molar-refractivity contribution in [1.82, 2.24) is 14.8 Å². The molecule has 1 saturated carbocycles. The van der Waals surface area contributed by atoms with E-state index in [2.05, 4.69) is 60.1 Å². The summed E-state index contributed by atoms with van der Waals surface area (Å²) in [6, 6.07) is 29.0. The summed E-state index contributed by atoms with van der Waals surface area (Å²) in [5.41, 5.74) is 2.17. The standard InChI is InChI=1S/C48H50ClF3N6O3S2/c1-32-44(47(59)54-36-11-5-3-6-12-36)45(46(56(32)2)33-16-18-35(49)19-17-33)34-10-9-13-40(30-34)58-28-26-57(27-29-58)39-23-20-37(21-24-39)53-38-22-25-42(55-62-41-14-7-4-8-15-41)43(31-38)63(60,61)48(50,51)52/h4,7-10,13-20,22-25,30-31,36-37,53,55H,3,5-6,11-12,21,26-29H2,1-2H3,(H,54,59). The zero-order chi connectivity index (χ0) is 44.3. The number of allylic oxidation sites excluding steroid dienone is 1. The lowest BCUT2D eigenvalue weighted by molar-refractivity contribution is -0.0435. The van der Waals surface area contributed by atoms with Crippen molar-refractivity contribution in [2.24, 2.45) is 7.05 Å². The molecule has 1 atom stereocenters. The number of amides is 1. The summed E-state index contributed by atoms with van der Waals surface area (Å²) in [6.07, 6.45) is 12.1. The average Bonchev–Trinajstić information content (AvgIpc) is 3.56. The Bertz CT molecular complexity index is 2620. The van der Waals surface area contributed by atoms with Gasteiger partial charge in [-0.3, -0.25) is 4.79 Å². The van der Waals surface area contributed by atoms with E-state index in [1.807, 2.05) is 56.5 Å². The molecule has 1 aromatic heterocycles. The molecule has 1 amide bonds. The molecule has 0 radical (unpaired) electrons. The van der Waals surface area contributed by atoms with E-state index in [9.17, 15) is 26.4 Å². The van der Waals surface area contributed by atoms with Gasteiger partial charge in [-0.15, -0.1) is 0 Å². The van der Waals surface area contributed by atoms with Crippen molar-refractivity contribution in [3.63, 3.8) is 0 Å². The maximum Gasteiger partial charge on any atom is 0.501 e. The lowest BCUT2D eigenvalue weighted by Crippen LogP contribution is -2.46. The van der Waals surface area contributed by atoms with Gasteiger partial charge in [-0.1, -0.05) is 85.5 Å². The summed E-state index contributed by atoms with van der Waals surface area (Å²) in [7, 11) is -3.63. The fourth-order valence-electron chi connectivity index (χ4n) is 8.70. The lowest BCUT2D eigenvalue weighted by atomic mass is 9.93. The van der Waals surface area contributed by atoms with Crippen molar-refractivity contribution < 1.29 is 26.4 Å². The van der Waals surface area contributed by atoms with Crippen LogP contribution in [-0.4, -0.2) is 67.6 Å². The van der Waals surface area contributed by atoms with E-state index in [1.165, 1.54) is 12.5 Å². The highest BCUT2D eigenvalue weighted by atomic mass is 35.5. The summed E-state index contributed by atoms with van der Waals surface area (Å²) in [6.45, 7) is 5.08. The Balaban J connectivity index is 0.951. The van der Waals surface area contributed by atoms with Gasteiger partial charge in [0.05, 0.1) is 16.9 Å². The van der Waals surface area contributed by atoms with Gasteiger partial charge in [0.1, 0.15) is 4.90 Å². The van der Waals surface area contributed by atoms with Crippen LogP contribution < -0.4 is 20.3 Å². The van der Waals surface area contributed by atoms with Crippen LogP contribution in [0, 0.1) is 6.92 Å². The van der Waals surface area contributed by atoms with Gasteiger partial charge >= 0.3 is 5.51 Å². The average molecular weight is 916 g/mol. The molecule has 5 aromatic rings. The minimum Gasteiger partial charge on any atom is -0.378 e. The van der Waals surface area contributed by atoms with Crippen LogP contribution in [0.25, 0.3) is 22.4 Å².